The zero-order chi connectivity index (χ0) is 14.7. The molecule has 3 nitrogen and oxygen atoms in total. The van der Waals surface area contributed by atoms with Crippen LogP contribution in [0.5, 0.6) is 11.5 Å². The van der Waals surface area contributed by atoms with Gasteiger partial charge in [-0.3, -0.25) is 0 Å². The zero-order valence-corrected chi connectivity index (χ0v) is 13.1. The number of ether oxygens (including phenoxy) is 2. The summed E-state index contributed by atoms with van der Waals surface area (Å²) in [6, 6.07) is 7.85. The summed E-state index contributed by atoms with van der Waals surface area (Å²) in [5.74, 6) is 1.39. The molecule has 108 valence electrons. The van der Waals surface area contributed by atoms with Crippen LogP contribution in [-0.4, -0.2) is 19.3 Å². The van der Waals surface area contributed by atoms with Crippen LogP contribution in [-0.2, 0) is 6.42 Å². The molecule has 0 aliphatic carbocycles. The number of aliphatic hydroxyl groups is 1. The van der Waals surface area contributed by atoms with E-state index in [9.17, 15) is 5.11 Å². The smallest absolute Gasteiger partial charge is 0.160 e. The fourth-order valence-electron chi connectivity index (χ4n) is 2.31. The van der Waals surface area contributed by atoms with Gasteiger partial charge in [0.2, 0.25) is 0 Å². The maximum atomic E-state index is 10.4. The highest BCUT2D eigenvalue weighted by Crippen LogP contribution is 2.32. The van der Waals surface area contributed by atoms with Gasteiger partial charge in [-0.15, -0.1) is 11.3 Å². The minimum absolute atomic E-state index is 0.480. The summed E-state index contributed by atoms with van der Waals surface area (Å²) in [5, 5.41) is 10.4. The molecule has 0 spiro atoms. The second-order valence-corrected chi connectivity index (χ2v) is 6.10. The first kappa shape index (κ1) is 14.9. The molecule has 2 aromatic rings. The van der Waals surface area contributed by atoms with E-state index in [0.717, 1.165) is 16.0 Å². The van der Waals surface area contributed by atoms with Crippen LogP contribution < -0.4 is 9.47 Å². The number of hydrogen-bond acceptors (Lipinski definition) is 4. The third-order valence-corrected chi connectivity index (χ3v) is 4.51. The van der Waals surface area contributed by atoms with Crippen molar-refractivity contribution in [1.29, 1.82) is 0 Å². The predicted octanol–water partition coefficient (Wildman–Crippen LogP) is 3.66. The fraction of sp³-hybridized carbons (Fsp3) is 0.375. The molecule has 1 N–H and O–H groups in total. The Balaban J connectivity index is 2.19. The summed E-state index contributed by atoms with van der Waals surface area (Å²) < 4.78 is 10.5. The number of benzene rings is 1. The fourth-order valence-corrected chi connectivity index (χ4v) is 3.34. The van der Waals surface area contributed by atoms with Crippen LogP contribution >= 0.6 is 11.3 Å². The SMILES string of the molecule is COc1ccc(CC(O)c2sc(C)cc2C)cc1OC. The van der Waals surface area contributed by atoms with E-state index < -0.39 is 6.10 Å². The van der Waals surface area contributed by atoms with Gasteiger partial charge in [0.25, 0.3) is 0 Å². The quantitative estimate of drug-likeness (QED) is 0.914. The van der Waals surface area contributed by atoms with Gasteiger partial charge >= 0.3 is 0 Å². The van der Waals surface area contributed by atoms with Crippen molar-refractivity contribution < 1.29 is 14.6 Å². The molecule has 1 unspecified atom stereocenters. The predicted molar refractivity (Wildman–Crippen MR) is 82.0 cm³/mol. The van der Waals surface area contributed by atoms with Crippen LogP contribution in [0.3, 0.4) is 0 Å². The number of hydrogen-bond donors (Lipinski definition) is 1. The average Bonchev–Trinajstić information content (AvgIpc) is 2.77. The molecule has 4 heteroatoms. The highest BCUT2D eigenvalue weighted by molar-refractivity contribution is 7.12. The summed E-state index contributed by atoms with van der Waals surface area (Å²) in [6.07, 6.45) is 0.0908. The Morgan fingerprint density at radius 1 is 1.10 bits per heavy atom. The molecular formula is C16H20O3S. The van der Waals surface area contributed by atoms with Crippen molar-refractivity contribution >= 4 is 11.3 Å². The Morgan fingerprint density at radius 3 is 2.35 bits per heavy atom. The Hall–Kier alpha value is -1.52. The lowest BCUT2D eigenvalue weighted by Crippen LogP contribution is -2.02. The van der Waals surface area contributed by atoms with Crippen LogP contribution in [0.25, 0.3) is 0 Å². The lowest BCUT2D eigenvalue weighted by molar-refractivity contribution is 0.181. The van der Waals surface area contributed by atoms with Gasteiger partial charge in [-0.25, -0.2) is 0 Å². The molecule has 0 bridgehead atoms. The molecule has 1 aromatic carbocycles. The molecule has 0 saturated heterocycles. The van der Waals surface area contributed by atoms with E-state index in [1.54, 1.807) is 25.6 Å². The maximum Gasteiger partial charge on any atom is 0.160 e. The Labute approximate surface area is 123 Å². The number of thiophene rings is 1. The van der Waals surface area contributed by atoms with E-state index in [-0.39, 0.29) is 0 Å². The topological polar surface area (TPSA) is 38.7 Å². The van der Waals surface area contributed by atoms with Crippen molar-refractivity contribution in [3.63, 3.8) is 0 Å². The second-order valence-electron chi connectivity index (χ2n) is 4.81. The highest BCUT2D eigenvalue weighted by Gasteiger charge is 2.15. The zero-order valence-electron chi connectivity index (χ0n) is 12.3. The number of aliphatic hydroxyl groups excluding tert-OH is 1. The van der Waals surface area contributed by atoms with Crippen LogP contribution in [0.4, 0.5) is 0 Å². The van der Waals surface area contributed by atoms with Gasteiger partial charge in [0.1, 0.15) is 0 Å². The van der Waals surface area contributed by atoms with Crippen LogP contribution in [0.2, 0.25) is 0 Å². The standard InChI is InChI=1S/C16H20O3S/c1-10-7-11(2)20-16(10)13(17)8-12-5-6-14(18-3)15(9-12)19-4/h5-7,9,13,17H,8H2,1-4H3. The first-order chi connectivity index (χ1) is 9.55. The summed E-state index contributed by atoms with van der Waals surface area (Å²) in [5.41, 5.74) is 2.18. The maximum absolute atomic E-state index is 10.4. The molecule has 20 heavy (non-hydrogen) atoms. The van der Waals surface area contributed by atoms with Gasteiger partial charge in [0.05, 0.1) is 20.3 Å². The summed E-state index contributed by atoms with van der Waals surface area (Å²) >= 11 is 1.65. The van der Waals surface area contributed by atoms with Gasteiger partial charge in [0, 0.05) is 16.2 Å². The molecule has 0 radical (unpaired) electrons. The lowest BCUT2D eigenvalue weighted by Gasteiger charge is -2.13. The summed E-state index contributed by atoms with van der Waals surface area (Å²) in [4.78, 5) is 2.26. The second kappa shape index (κ2) is 6.29. The molecule has 1 aromatic heterocycles. The Bertz CT molecular complexity index is 589. The summed E-state index contributed by atoms with van der Waals surface area (Å²) in [6.45, 7) is 4.10. The van der Waals surface area contributed by atoms with Crippen molar-refractivity contribution in [3.05, 3.63) is 45.1 Å². The van der Waals surface area contributed by atoms with Gasteiger partial charge in [-0.2, -0.15) is 0 Å². The Kier molecular flexibility index (Phi) is 4.68. The van der Waals surface area contributed by atoms with Crippen LogP contribution in [0, 0.1) is 13.8 Å². The number of rotatable bonds is 5. The normalized spacial score (nSPS) is 12.2. The van der Waals surface area contributed by atoms with Gasteiger partial charge < -0.3 is 14.6 Å². The van der Waals surface area contributed by atoms with Crippen molar-refractivity contribution in [1.82, 2.24) is 0 Å². The number of methoxy groups -OCH3 is 2. The molecule has 2 rings (SSSR count). The molecule has 0 fully saturated rings. The Morgan fingerprint density at radius 2 is 1.80 bits per heavy atom. The van der Waals surface area contributed by atoms with E-state index in [0.29, 0.717) is 17.9 Å². The molecule has 0 amide bonds. The third kappa shape index (κ3) is 3.14. The van der Waals surface area contributed by atoms with Crippen LogP contribution in [0.1, 0.15) is 27.0 Å². The largest absolute Gasteiger partial charge is 0.493 e. The average molecular weight is 292 g/mol. The van der Waals surface area contributed by atoms with E-state index in [1.165, 1.54) is 4.88 Å². The molecule has 0 aliphatic rings. The number of aryl methyl sites for hydroxylation is 2. The first-order valence-corrected chi connectivity index (χ1v) is 7.32. The molecule has 0 saturated carbocycles. The minimum Gasteiger partial charge on any atom is -0.493 e. The van der Waals surface area contributed by atoms with Crippen molar-refractivity contribution in [2.24, 2.45) is 0 Å². The highest BCUT2D eigenvalue weighted by atomic mass is 32.1. The summed E-state index contributed by atoms with van der Waals surface area (Å²) in [7, 11) is 3.23. The van der Waals surface area contributed by atoms with Crippen molar-refractivity contribution in [2.75, 3.05) is 14.2 Å². The monoisotopic (exact) mass is 292 g/mol. The molecule has 1 atom stereocenters. The first-order valence-electron chi connectivity index (χ1n) is 6.51. The van der Waals surface area contributed by atoms with E-state index in [4.69, 9.17) is 9.47 Å². The van der Waals surface area contributed by atoms with Gasteiger partial charge in [-0.1, -0.05) is 6.07 Å². The van der Waals surface area contributed by atoms with E-state index >= 15 is 0 Å². The van der Waals surface area contributed by atoms with E-state index in [1.807, 2.05) is 25.1 Å². The molecule has 0 aliphatic heterocycles. The van der Waals surface area contributed by atoms with Crippen molar-refractivity contribution in [2.45, 2.75) is 26.4 Å². The van der Waals surface area contributed by atoms with Crippen molar-refractivity contribution in [3.8, 4) is 11.5 Å². The molecule has 1 heterocycles. The van der Waals surface area contributed by atoms with Gasteiger partial charge in [0.15, 0.2) is 11.5 Å². The van der Waals surface area contributed by atoms with Crippen LogP contribution in [0.15, 0.2) is 24.3 Å². The van der Waals surface area contributed by atoms with Gasteiger partial charge in [-0.05, 0) is 43.2 Å². The van der Waals surface area contributed by atoms with E-state index in [2.05, 4.69) is 13.0 Å². The molecular weight excluding hydrogens is 272 g/mol. The third-order valence-electron chi connectivity index (χ3n) is 3.26. The minimum atomic E-state index is -0.480. The lowest BCUT2D eigenvalue weighted by atomic mass is 10.0.